The Labute approximate surface area is 234 Å². The average Bonchev–Trinajstić information content (AvgIpc) is 2.81. The molecule has 0 heterocycles. The van der Waals surface area contributed by atoms with E-state index in [0.717, 1.165) is 12.1 Å². The Morgan fingerprint density at radius 3 is 1.93 bits per heavy atom. The Morgan fingerprint density at radius 1 is 0.900 bits per heavy atom. The van der Waals surface area contributed by atoms with E-state index in [1.54, 1.807) is 5.32 Å². The summed E-state index contributed by atoms with van der Waals surface area (Å²) in [5.41, 5.74) is -4.64. The molecule has 0 saturated heterocycles. The Morgan fingerprint density at radius 2 is 1.45 bits per heavy atom. The van der Waals surface area contributed by atoms with Crippen LogP contribution in [0.15, 0.2) is 36.4 Å². The van der Waals surface area contributed by atoms with Crippen molar-refractivity contribution in [1.29, 1.82) is 0 Å². The highest BCUT2D eigenvalue weighted by molar-refractivity contribution is 6.48. The molecule has 0 aliphatic heterocycles. The Hall–Kier alpha value is -2.71. The van der Waals surface area contributed by atoms with E-state index in [1.165, 1.54) is 5.32 Å². The summed E-state index contributed by atoms with van der Waals surface area (Å²) in [6.45, 7) is -0.562. The SMILES string of the molecule is CC(NC(=O)CNC(=O)c1ccc(C(F)=CC(c2cc(Cl)c(Cl)c(Cl)c2)C(F)(F)F)cc1C(F)(F)F)C(F)(F)F. The molecule has 4 nitrogen and oxygen atoms in total. The van der Waals surface area contributed by atoms with Gasteiger partial charge in [-0.15, -0.1) is 0 Å². The third-order valence-corrected chi connectivity index (χ3v) is 6.35. The van der Waals surface area contributed by atoms with Crippen molar-refractivity contribution in [2.45, 2.75) is 37.4 Å². The number of benzene rings is 2. The zero-order chi connectivity index (χ0) is 30.8. The Bertz CT molecular complexity index is 1280. The van der Waals surface area contributed by atoms with Gasteiger partial charge in [0.1, 0.15) is 17.8 Å². The quantitative estimate of drug-likeness (QED) is 0.236. The van der Waals surface area contributed by atoms with Crippen LogP contribution in [0.1, 0.15) is 39.9 Å². The van der Waals surface area contributed by atoms with Gasteiger partial charge in [-0.1, -0.05) is 40.9 Å². The molecule has 17 heteroatoms. The maximum absolute atomic E-state index is 14.9. The van der Waals surface area contributed by atoms with Crippen LogP contribution in [0.3, 0.4) is 0 Å². The number of rotatable bonds is 7. The Kier molecular flexibility index (Phi) is 10.4. The molecule has 2 aromatic carbocycles. The number of allylic oxidation sites excluding steroid dienone is 1. The van der Waals surface area contributed by atoms with Crippen molar-refractivity contribution in [1.82, 2.24) is 10.6 Å². The van der Waals surface area contributed by atoms with Crippen molar-refractivity contribution < 1.29 is 53.5 Å². The van der Waals surface area contributed by atoms with Crippen LogP contribution >= 0.6 is 34.8 Å². The molecule has 0 bridgehead atoms. The van der Waals surface area contributed by atoms with Crippen LogP contribution < -0.4 is 10.6 Å². The first-order valence-corrected chi connectivity index (χ1v) is 11.7. The first-order valence-electron chi connectivity index (χ1n) is 10.6. The van der Waals surface area contributed by atoms with Gasteiger partial charge < -0.3 is 10.6 Å². The lowest BCUT2D eigenvalue weighted by atomic mass is 9.95. The number of hydrogen-bond donors (Lipinski definition) is 2. The summed E-state index contributed by atoms with van der Waals surface area (Å²) in [5, 5.41) is 2.09. The predicted octanol–water partition coefficient (Wildman–Crippen LogP) is 8.12. The lowest BCUT2D eigenvalue weighted by Crippen LogP contribution is -2.47. The second kappa shape index (κ2) is 12.4. The molecule has 2 aromatic rings. The summed E-state index contributed by atoms with van der Waals surface area (Å²) in [6.07, 6.45) is -15.4. The number of alkyl halides is 9. The number of halogens is 13. The van der Waals surface area contributed by atoms with Gasteiger partial charge in [0.15, 0.2) is 0 Å². The molecule has 0 saturated carbocycles. The molecular formula is C23H15Cl3F10N2O2. The summed E-state index contributed by atoms with van der Waals surface area (Å²) >= 11 is 17.2. The molecule has 2 amide bonds. The zero-order valence-electron chi connectivity index (χ0n) is 19.6. The van der Waals surface area contributed by atoms with Gasteiger partial charge in [-0.2, -0.15) is 39.5 Å². The minimum Gasteiger partial charge on any atom is -0.343 e. The predicted molar refractivity (Wildman–Crippen MR) is 127 cm³/mol. The maximum Gasteiger partial charge on any atom is 0.417 e. The summed E-state index contributed by atoms with van der Waals surface area (Å²) < 4.78 is 135. The van der Waals surface area contributed by atoms with Crippen molar-refractivity contribution in [2.75, 3.05) is 6.54 Å². The van der Waals surface area contributed by atoms with Gasteiger partial charge in [0.05, 0.1) is 32.7 Å². The second-order valence-corrected chi connectivity index (χ2v) is 9.30. The smallest absolute Gasteiger partial charge is 0.343 e. The lowest BCUT2D eigenvalue weighted by molar-refractivity contribution is -0.157. The van der Waals surface area contributed by atoms with Crippen LogP contribution in [0, 0.1) is 0 Å². The fraction of sp³-hybridized carbons (Fsp3) is 0.304. The van der Waals surface area contributed by atoms with Crippen LogP contribution in [0.4, 0.5) is 43.9 Å². The van der Waals surface area contributed by atoms with Gasteiger partial charge in [0, 0.05) is 5.56 Å². The van der Waals surface area contributed by atoms with E-state index in [2.05, 4.69) is 0 Å². The first kappa shape index (κ1) is 33.5. The van der Waals surface area contributed by atoms with Gasteiger partial charge in [-0.05, 0) is 42.8 Å². The Balaban J connectivity index is 2.41. The molecule has 2 unspecified atom stereocenters. The highest BCUT2D eigenvalue weighted by atomic mass is 35.5. The minimum atomic E-state index is -5.34. The summed E-state index contributed by atoms with van der Waals surface area (Å²) in [4.78, 5) is 23.9. The average molecular weight is 648 g/mol. The molecule has 220 valence electrons. The zero-order valence-corrected chi connectivity index (χ0v) is 21.8. The van der Waals surface area contributed by atoms with Gasteiger partial charge in [0.2, 0.25) is 5.91 Å². The molecular weight excluding hydrogens is 633 g/mol. The lowest BCUT2D eigenvalue weighted by Gasteiger charge is -2.19. The number of hydrogen-bond acceptors (Lipinski definition) is 2. The molecule has 0 aromatic heterocycles. The molecule has 2 rings (SSSR count). The molecule has 40 heavy (non-hydrogen) atoms. The van der Waals surface area contributed by atoms with E-state index in [4.69, 9.17) is 34.8 Å². The monoisotopic (exact) mass is 646 g/mol. The van der Waals surface area contributed by atoms with Crippen molar-refractivity contribution in [3.8, 4) is 0 Å². The van der Waals surface area contributed by atoms with E-state index in [-0.39, 0.29) is 17.2 Å². The minimum absolute atomic E-state index is 0.0305. The van der Waals surface area contributed by atoms with Crippen molar-refractivity contribution in [2.24, 2.45) is 0 Å². The van der Waals surface area contributed by atoms with Gasteiger partial charge >= 0.3 is 18.5 Å². The van der Waals surface area contributed by atoms with Crippen LogP contribution in [-0.2, 0) is 11.0 Å². The second-order valence-electron chi connectivity index (χ2n) is 8.10. The van der Waals surface area contributed by atoms with E-state index < -0.39 is 87.0 Å². The van der Waals surface area contributed by atoms with Crippen LogP contribution in [0.2, 0.25) is 15.1 Å². The first-order chi connectivity index (χ1) is 18.1. The van der Waals surface area contributed by atoms with Gasteiger partial charge in [-0.3, -0.25) is 9.59 Å². The van der Waals surface area contributed by atoms with E-state index >= 15 is 0 Å². The third kappa shape index (κ3) is 8.64. The molecule has 2 N–H and O–H groups in total. The molecule has 0 radical (unpaired) electrons. The summed E-state index contributed by atoms with van der Waals surface area (Å²) in [6, 6.07) is 0.224. The molecule has 0 spiro atoms. The fourth-order valence-corrected chi connectivity index (χ4v) is 3.75. The molecule has 0 aliphatic rings. The normalized spacial score (nSPS) is 14.5. The van der Waals surface area contributed by atoms with Crippen molar-refractivity contribution in [3.05, 3.63) is 73.7 Å². The van der Waals surface area contributed by atoms with Crippen LogP contribution in [-0.4, -0.2) is 36.8 Å². The van der Waals surface area contributed by atoms with Gasteiger partial charge in [0.25, 0.3) is 5.91 Å². The van der Waals surface area contributed by atoms with E-state index in [9.17, 15) is 53.5 Å². The van der Waals surface area contributed by atoms with E-state index in [0.29, 0.717) is 19.1 Å². The van der Waals surface area contributed by atoms with Crippen LogP contribution in [0.5, 0.6) is 0 Å². The number of nitrogens with one attached hydrogen (secondary N) is 2. The van der Waals surface area contributed by atoms with Crippen molar-refractivity contribution >= 4 is 52.4 Å². The molecule has 0 aliphatic carbocycles. The van der Waals surface area contributed by atoms with Crippen LogP contribution in [0.25, 0.3) is 5.83 Å². The summed E-state index contributed by atoms with van der Waals surface area (Å²) in [5.74, 6) is -7.44. The standard InChI is InChI=1S/C23H15Cl3F10N2O2/c1-9(21(28,29)30)38-18(39)8-37-20(40)12-3-2-10(4-14(12)23(34,35)36)17(27)7-13(22(31,32)33)11-5-15(24)19(26)16(25)6-11/h2-7,9,13H,8H2,1H3,(H,37,40)(H,38,39). The molecule has 0 fully saturated rings. The topological polar surface area (TPSA) is 58.2 Å². The fourth-order valence-electron chi connectivity index (χ4n) is 3.13. The molecule has 2 atom stereocenters. The number of carbonyl (C=O) groups excluding carboxylic acids is 2. The highest BCUT2D eigenvalue weighted by Gasteiger charge is 2.41. The number of carbonyl (C=O) groups is 2. The highest BCUT2D eigenvalue weighted by Crippen LogP contribution is 2.42. The van der Waals surface area contributed by atoms with Gasteiger partial charge in [-0.25, -0.2) is 4.39 Å². The third-order valence-electron chi connectivity index (χ3n) is 5.15. The van der Waals surface area contributed by atoms with Crippen molar-refractivity contribution in [3.63, 3.8) is 0 Å². The van der Waals surface area contributed by atoms with E-state index in [1.807, 2.05) is 0 Å². The largest absolute Gasteiger partial charge is 0.417 e. The number of amides is 2. The summed E-state index contributed by atoms with van der Waals surface area (Å²) in [7, 11) is 0. The maximum atomic E-state index is 14.9.